The molecule has 1 heterocycles. The lowest BCUT2D eigenvalue weighted by molar-refractivity contribution is -0.143. The fraction of sp³-hybridized carbons (Fsp3) is 0.833. The maximum absolute atomic E-state index is 10.3. The Labute approximate surface area is 58.9 Å². The fourth-order valence-corrected chi connectivity index (χ4v) is 1.05. The molecule has 1 aliphatic heterocycles. The van der Waals surface area contributed by atoms with Gasteiger partial charge in [0.2, 0.25) is 0 Å². The van der Waals surface area contributed by atoms with Gasteiger partial charge in [0.15, 0.2) is 0 Å². The zero-order valence-electron chi connectivity index (χ0n) is 5.58. The molecule has 0 aromatic carbocycles. The number of aliphatic hydroxyl groups is 1. The van der Waals surface area contributed by atoms with Gasteiger partial charge in [-0.3, -0.25) is 10.1 Å². The van der Waals surface area contributed by atoms with Gasteiger partial charge in [0, 0.05) is 6.54 Å². The van der Waals surface area contributed by atoms with Crippen LogP contribution in [-0.2, 0) is 4.79 Å². The number of hydrogen-bond donors (Lipinski definition) is 3. The summed E-state index contributed by atoms with van der Waals surface area (Å²) in [6, 6.07) is 0. The summed E-state index contributed by atoms with van der Waals surface area (Å²) >= 11 is 0. The van der Waals surface area contributed by atoms with Crippen LogP contribution in [0, 0.1) is 5.92 Å². The van der Waals surface area contributed by atoms with E-state index in [9.17, 15) is 4.79 Å². The third-order valence-electron chi connectivity index (χ3n) is 1.74. The van der Waals surface area contributed by atoms with E-state index < -0.39 is 12.2 Å². The number of nitrogens with one attached hydrogen (secondary N) is 1. The molecule has 3 N–H and O–H groups in total. The third kappa shape index (κ3) is 1.68. The van der Waals surface area contributed by atoms with Gasteiger partial charge in [-0.1, -0.05) is 0 Å². The van der Waals surface area contributed by atoms with Gasteiger partial charge in [0.1, 0.15) is 6.23 Å². The van der Waals surface area contributed by atoms with E-state index in [1.165, 1.54) is 0 Å². The van der Waals surface area contributed by atoms with E-state index in [-0.39, 0.29) is 5.92 Å². The molecule has 0 aromatic rings. The number of rotatable bonds is 1. The summed E-state index contributed by atoms with van der Waals surface area (Å²) < 4.78 is 0. The first-order valence-corrected chi connectivity index (χ1v) is 3.34. The normalized spacial score (nSPS) is 33.7. The lowest BCUT2D eigenvalue weighted by Gasteiger charge is -2.23. The Morgan fingerprint density at radius 3 is 2.60 bits per heavy atom. The zero-order chi connectivity index (χ0) is 7.56. The first-order chi connectivity index (χ1) is 4.70. The van der Waals surface area contributed by atoms with E-state index in [2.05, 4.69) is 5.32 Å². The van der Waals surface area contributed by atoms with Crippen molar-refractivity contribution in [1.29, 1.82) is 0 Å². The van der Waals surface area contributed by atoms with Crippen LogP contribution >= 0.6 is 0 Å². The van der Waals surface area contributed by atoms with Gasteiger partial charge in [-0.2, -0.15) is 0 Å². The molecule has 0 bridgehead atoms. The van der Waals surface area contributed by atoms with Gasteiger partial charge in [-0.05, 0) is 12.8 Å². The summed E-state index contributed by atoms with van der Waals surface area (Å²) in [6.07, 6.45) is 0.607. The van der Waals surface area contributed by atoms with Crippen LogP contribution in [0.2, 0.25) is 0 Å². The van der Waals surface area contributed by atoms with Crippen LogP contribution in [0.3, 0.4) is 0 Å². The Morgan fingerprint density at radius 1 is 1.50 bits per heavy atom. The van der Waals surface area contributed by atoms with Crippen molar-refractivity contribution in [2.75, 3.05) is 6.54 Å². The second-order valence-electron chi connectivity index (χ2n) is 2.54. The van der Waals surface area contributed by atoms with Crippen LogP contribution in [-0.4, -0.2) is 29.0 Å². The molecule has 58 valence electrons. The predicted octanol–water partition coefficient (Wildman–Crippen LogP) is -0.611. The van der Waals surface area contributed by atoms with E-state index in [0.29, 0.717) is 19.4 Å². The van der Waals surface area contributed by atoms with Crippen molar-refractivity contribution >= 4 is 5.97 Å². The van der Waals surface area contributed by atoms with Crippen molar-refractivity contribution in [2.24, 2.45) is 5.92 Å². The highest BCUT2D eigenvalue weighted by molar-refractivity contribution is 5.70. The number of carboxylic acids is 1. The third-order valence-corrected chi connectivity index (χ3v) is 1.74. The molecule has 0 radical (unpaired) electrons. The second kappa shape index (κ2) is 2.98. The molecule has 0 aromatic heterocycles. The van der Waals surface area contributed by atoms with Crippen molar-refractivity contribution in [3.05, 3.63) is 0 Å². The Balaban J connectivity index is 2.33. The van der Waals surface area contributed by atoms with Crippen molar-refractivity contribution in [1.82, 2.24) is 5.32 Å². The standard InChI is InChI=1S/C6H11NO3/c8-5-2-1-4(3-7-5)6(9)10/h4-5,7-8H,1-3H2,(H,9,10). The Kier molecular flexibility index (Phi) is 2.24. The van der Waals surface area contributed by atoms with E-state index >= 15 is 0 Å². The van der Waals surface area contributed by atoms with Crippen molar-refractivity contribution in [2.45, 2.75) is 19.1 Å². The van der Waals surface area contributed by atoms with E-state index in [1.54, 1.807) is 0 Å². The summed E-state index contributed by atoms with van der Waals surface area (Å²) in [5.41, 5.74) is 0. The lowest BCUT2D eigenvalue weighted by Crippen LogP contribution is -2.41. The van der Waals surface area contributed by atoms with Gasteiger partial charge < -0.3 is 10.2 Å². The first kappa shape index (κ1) is 7.50. The molecular formula is C6H11NO3. The van der Waals surface area contributed by atoms with Gasteiger partial charge in [0.05, 0.1) is 5.92 Å². The van der Waals surface area contributed by atoms with Crippen LogP contribution in [0.1, 0.15) is 12.8 Å². The number of carbonyl (C=O) groups is 1. The minimum atomic E-state index is -0.778. The molecule has 1 saturated heterocycles. The van der Waals surface area contributed by atoms with Crippen molar-refractivity contribution in [3.63, 3.8) is 0 Å². The Hall–Kier alpha value is -0.610. The largest absolute Gasteiger partial charge is 0.481 e. The van der Waals surface area contributed by atoms with Gasteiger partial charge in [0.25, 0.3) is 0 Å². The summed E-state index contributed by atoms with van der Waals surface area (Å²) in [5.74, 6) is -1.09. The maximum atomic E-state index is 10.3. The number of aliphatic carboxylic acids is 1. The lowest BCUT2D eigenvalue weighted by atomic mass is 9.99. The molecule has 2 atom stereocenters. The second-order valence-corrected chi connectivity index (χ2v) is 2.54. The van der Waals surface area contributed by atoms with Crippen molar-refractivity contribution in [3.8, 4) is 0 Å². The highest BCUT2D eigenvalue weighted by Gasteiger charge is 2.23. The topological polar surface area (TPSA) is 69.6 Å². The number of hydrogen-bond acceptors (Lipinski definition) is 3. The minimum absolute atomic E-state index is 0.316. The molecule has 4 nitrogen and oxygen atoms in total. The molecule has 0 aliphatic carbocycles. The van der Waals surface area contributed by atoms with Crippen LogP contribution < -0.4 is 5.32 Å². The SMILES string of the molecule is O=C(O)C1CCC(O)NC1. The van der Waals surface area contributed by atoms with E-state index in [4.69, 9.17) is 10.2 Å². The molecule has 2 unspecified atom stereocenters. The van der Waals surface area contributed by atoms with E-state index in [0.717, 1.165) is 0 Å². The molecular weight excluding hydrogens is 134 g/mol. The average molecular weight is 145 g/mol. The highest BCUT2D eigenvalue weighted by Crippen LogP contribution is 2.12. The molecule has 1 aliphatic rings. The molecule has 0 spiro atoms. The maximum Gasteiger partial charge on any atom is 0.307 e. The molecule has 1 fully saturated rings. The summed E-state index contributed by atoms with van der Waals surface area (Å²) in [5, 5.41) is 20.1. The van der Waals surface area contributed by atoms with Gasteiger partial charge in [-0.15, -0.1) is 0 Å². The van der Waals surface area contributed by atoms with E-state index in [1.807, 2.05) is 0 Å². The molecule has 0 saturated carbocycles. The number of aliphatic hydroxyl groups excluding tert-OH is 1. The average Bonchev–Trinajstić information content (AvgIpc) is 1.88. The van der Waals surface area contributed by atoms with Crippen LogP contribution in [0.4, 0.5) is 0 Å². The molecule has 4 heteroatoms. The zero-order valence-corrected chi connectivity index (χ0v) is 5.58. The highest BCUT2D eigenvalue weighted by atomic mass is 16.4. The van der Waals surface area contributed by atoms with Gasteiger partial charge in [-0.25, -0.2) is 0 Å². The van der Waals surface area contributed by atoms with Crippen LogP contribution in [0.15, 0.2) is 0 Å². The molecule has 0 amide bonds. The summed E-state index contributed by atoms with van der Waals surface area (Å²) in [4.78, 5) is 10.3. The van der Waals surface area contributed by atoms with Crippen LogP contribution in [0.5, 0.6) is 0 Å². The summed E-state index contributed by atoms with van der Waals surface area (Å²) in [6.45, 7) is 0.385. The smallest absolute Gasteiger partial charge is 0.307 e. The molecule has 1 rings (SSSR count). The minimum Gasteiger partial charge on any atom is -0.481 e. The van der Waals surface area contributed by atoms with Gasteiger partial charge >= 0.3 is 5.97 Å². The number of piperidine rings is 1. The quantitative estimate of drug-likeness (QED) is 0.460. The Morgan fingerprint density at radius 2 is 2.20 bits per heavy atom. The first-order valence-electron chi connectivity index (χ1n) is 3.34. The Bertz CT molecular complexity index is 129. The number of carboxylic acid groups (broad SMARTS) is 1. The predicted molar refractivity (Wildman–Crippen MR) is 34.4 cm³/mol. The van der Waals surface area contributed by atoms with Crippen molar-refractivity contribution < 1.29 is 15.0 Å². The van der Waals surface area contributed by atoms with Crippen LogP contribution in [0.25, 0.3) is 0 Å². The summed E-state index contributed by atoms with van der Waals surface area (Å²) in [7, 11) is 0. The fourth-order valence-electron chi connectivity index (χ4n) is 1.05. The monoisotopic (exact) mass is 145 g/mol. The molecule has 10 heavy (non-hydrogen) atoms.